The topological polar surface area (TPSA) is 29.0 Å². The van der Waals surface area contributed by atoms with Crippen LogP contribution in [0.25, 0.3) is 0 Å². The predicted molar refractivity (Wildman–Crippen MR) is 65.3 cm³/mol. The van der Waals surface area contributed by atoms with Crippen LogP contribution in [-0.2, 0) is 6.54 Å². The maximum Gasteiger partial charge on any atom is 0.142 e. The van der Waals surface area contributed by atoms with E-state index in [0.29, 0.717) is 0 Å². The molecule has 2 aromatic rings. The van der Waals surface area contributed by atoms with Gasteiger partial charge < -0.3 is 0 Å². The van der Waals surface area contributed by atoms with Crippen molar-refractivity contribution in [2.75, 3.05) is 4.31 Å². The minimum absolute atomic E-state index is 0.814. The van der Waals surface area contributed by atoms with Crippen molar-refractivity contribution in [1.29, 1.82) is 0 Å². The summed E-state index contributed by atoms with van der Waals surface area (Å²) in [6, 6.07) is 10.4. The molecule has 0 fully saturated rings. The molecule has 4 heteroatoms. The van der Waals surface area contributed by atoms with Crippen molar-refractivity contribution in [1.82, 2.24) is 9.97 Å². The zero-order valence-electron chi connectivity index (χ0n) is 8.92. The number of aryl methyl sites for hydroxylation is 1. The highest BCUT2D eigenvalue weighted by Crippen LogP contribution is 2.38. The highest BCUT2D eigenvalue weighted by atomic mass is 32.2. The van der Waals surface area contributed by atoms with Gasteiger partial charge in [0.1, 0.15) is 11.6 Å². The van der Waals surface area contributed by atoms with Crippen LogP contribution >= 0.6 is 11.9 Å². The summed E-state index contributed by atoms with van der Waals surface area (Å²) in [5, 5.41) is 0. The molecule has 1 aliphatic heterocycles. The molecular formula is C12H11N3S. The molecule has 2 heterocycles. The molecule has 0 amide bonds. The van der Waals surface area contributed by atoms with Crippen molar-refractivity contribution in [2.45, 2.75) is 18.4 Å². The molecule has 80 valence electrons. The summed E-state index contributed by atoms with van der Waals surface area (Å²) < 4.78 is 2.19. The number of nitrogens with zero attached hydrogens (tertiary/aromatic N) is 3. The van der Waals surface area contributed by atoms with Crippen molar-refractivity contribution < 1.29 is 0 Å². The van der Waals surface area contributed by atoms with Crippen molar-refractivity contribution in [3.8, 4) is 0 Å². The van der Waals surface area contributed by atoms with E-state index in [1.54, 1.807) is 18.1 Å². The van der Waals surface area contributed by atoms with Gasteiger partial charge in [0.15, 0.2) is 0 Å². The highest BCUT2D eigenvalue weighted by molar-refractivity contribution is 8.01. The first-order valence-electron chi connectivity index (χ1n) is 5.16. The lowest BCUT2D eigenvalue weighted by atomic mass is 10.2. The Hall–Kier alpha value is -1.55. The van der Waals surface area contributed by atoms with E-state index >= 15 is 0 Å². The number of hydrogen-bond acceptors (Lipinski definition) is 4. The Balaban J connectivity index is 1.91. The van der Waals surface area contributed by atoms with Gasteiger partial charge in [-0.05, 0) is 36.6 Å². The molecular weight excluding hydrogens is 218 g/mol. The van der Waals surface area contributed by atoms with Crippen LogP contribution in [-0.4, -0.2) is 9.97 Å². The lowest BCUT2D eigenvalue weighted by Crippen LogP contribution is -2.09. The lowest BCUT2D eigenvalue weighted by Gasteiger charge is -2.14. The third-order valence-corrected chi connectivity index (χ3v) is 3.64. The second-order valence-electron chi connectivity index (χ2n) is 3.70. The predicted octanol–water partition coefficient (Wildman–Crippen LogP) is 2.81. The minimum Gasteiger partial charge on any atom is -0.292 e. The Bertz CT molecular complexity index is 502. The third kappa shape index (κ3) is 1.65. The van der Waals surface area contributed by atoms with Gasteiger partial charge in [0, 0.05) is 11.1 Å². The summed E-state index contributed by atoms with van der Waals surface area (Å²) in [6.07, 6.45) is 1.81. The van der Waals surface area contributed by atoms with Gasteiger partial charge in [-0.3, -0.25) is 4.31 Å². The summed E-state index contributed by atoms with van der Waals surface area (Å²) in [5.41, 5.74) is 1.36. The van der Waals surface area contributed by atoms with Gasteiger partial charge in [-0.25, -0.2) is 9.97 Å². The molecule has 0 radical (unpaired) electrons. The first kappa shape index (κ1) is 9.66. The lowest BCUT2D eigenvalue weighted by molar-refractivity contribution is 0.982. The molecule has 1 aliphatic rings. The maximum atomic E-state index is 4.43. The van der Waals surface area contributed by atoms with Crippen LogP contribution in [0.15, 0.2) is 41.4 Å². The second-order valence-corrected chi connectivity index (χ2v) is 4.76. The number of aromatic nitrogens is 2. The van der Waals surface area contributed by atoms with Gasteiger partial charge in [-0.2, -0.15) is 0 Å². The highest BCUT2D eigenvalue weighted by Gasteiger charge is 2.20. The fourth-order valence-corrected chi connectivity index (χ4v) is 2.77. The molecule has 0 bridgehead atoms. The summed E-state index contributed by atoms with van der Waals surface area (Å²) >= 11 is 1.74. The Labute approximate surface area is 98.7 Å². The maximum absolute atomic E-state index is 4.43. The van der Waals surface area contributed by atoms with E-state index in [1.807, 2.05) is 13.0 Å². The largest absolute Gasteiger partial charge is 0.292 e. The quantitative estimate of drug-likeness (QED) is 0.703. The van der Waals surface area contributed by atoms with Crippen LogP contribution in [0.3, 0.4) is 0 Å². The summed E-state index contributed by atoms with van der Waals surface area (Å²) in [6.45, 7) is 2.83. The van der Waals surface area contributed by atoms with Crippen LogP contribution in [0.1, 0.15) is 11.4 Å². The third-order valence-electron chi connectivity index (χ3n) is 2.51. The number of fused-ring (bicyclic) bond motifs is 1. The van der Waals surface area contributed by atoms with E-state index in [9.17, 15) is 0 Å². The molecule has 0 spiro atoms. The molecule has 1 aromatic carbocycles. The van der Waals surface area contributed by atoms with Crippen molar-refractivity contribution >= 4 is 17.8 Å². The normalized spacial score (nSPS) is 13.9. The van der Waals surface area contributed by atoms with Crippen LogP contribution in [0, 0.1) is 6.92 Å². The summed E-state index contributed by atoms with van der Waals surface area (Å²) in [7, 11) is 0. The van der Waals surface area contributed by atoms with Gasteiger partial charge in [-0.1, -0.05) is 18.2 Å². The number of hydrogen-bond donors (Lipinski definition) is 0. The average molecular weight is 229 g/mol. The Morgan fingerprint density at radius 3 is 2.94 bits per heavy atom. The fraction of sp³-hybridized carbons (Fsp3) is 0.167. The van der Waals surface area contributed by atoms with E-state index in [2.05, 4.69) is 38.5 Å². The molecule has 0 aliphatic carbocycles. The standard InChI is InChI=1S/C12H11N3S/c1-9-13-7-6-12(14-9)15-8-10-4-2-3-5-11(10)16-15/h2-7H,8H2,1H3. The average Bonchev–Trinajstić information content (AvgIpc) is 2.72. The molecule has 0 atom stereocenters. The van der Waals surface area contributed by atoms with Crippen molar-refractivity contribution in [3.63, 3.8) is 0 Å². The smallest absolute Gasteiger partial charge is 0.142 e. The fourth-order valence-electron chi connectivity index (χ4n) is 1.74. The Morgan fingerprint density at radius 1 is 1.25 bits per heavy atom. The Morgan fingerprint density at radius 2 is 2.12 bits per heavy atom. The summed E-state index contributed by atoms with van der Waals surface area (Å²) in [4.78, 5) is 9.86. The van der Waals surface area contributed by atoms with Gasteiger partial charge in [-0.15, -0.1) is 0 Å². The molecule has 1 aromatic heterocycles. The van der Waals surface area contributed by atoms with Gasteiger partial charge in [0.05, 0.1) is 6.54 Å². The monoisotopic (exact) mass is 229 g/mol. The second kappa shape index (κ2) is 3.79. The van der Waals surface area contributed by atoms with E-state index in [-0.39, 0.29) is 0 Å². The number of rotatable bonds is 1. The van der Waals surface area contributed by atoms with E-state index < -0.39 is 0 Å². The molecule has 16 heavy (non-hydrogen) atoms. The van der Waals surface area contributed by atoms with Crippen molar-refractivity contribution in [2.24, 2.45) is 0 Å². The van der Waals surface area contributed by atoms with Gasteiger partial charge in [0.2, 0.25) is 0 Å². The first-order valence-corrected chi connectivity index (χ1v) is 5.93. The molecule has 3 rings (SSSR count). The number of benzene rings is 1. The zero-order chi connectivity index (χ0) is 11.0. The minimum atomic E-state index is 0.814. The van der Waals surface area contributed by atoms with Crippen molar-refractivity contribution in [3.05, 3.63) is 47.9 Å². The van der Waals surface area contributed by atoms with Crippen LogP contribution < -0.4 is 4.31 Å². The van der Waals surface area contributed by atoms with E-state index in [4.69, 9.17) is 0 Å². The van der Waals surface area contributed by atoms with Crippen LogP contribution in [0.2, 0.25) is 0 Å². The zero-order valence-corrected chi connectivity index (χ0v) is 9.74. The number of anilines is 1. The molecule has 0 saturated heterocycles. The Kier molecular flexibility index (Phi) is 2.29. The first-order chi connectivity index (χ1) is 7.83. The molecule has 3 nitrogen and oxygen atoms in total. The SMILES string of the molecule is Cc1nccc(N2Cc3ccccc3S2)n1. The molecule has 0 unspecified atom stereocenters. The summed E-state index contributed by atoms with van der Waals surface area (Å²) in [5.74, 6) is 1.79. The van der Waals surface area contributed by atoms with Gasteiger partial charge in [0.25, 0.3) is 0 Å². The molecule has 0 N–H and O–H groups in total. The van der Waals surface area contributed by atoms with Crippen LogP contribution in [0.4, 0.5) is 5.82 Å². The van der Waals surface area contributed by atoms with E-state index in [0.717, 1.165) is 18.2 Å². The van der Waals surface area contributed by atoms with Crippen LogP contribution in [0.5, 0.6) is 0 Å². The molecule has 0 saturated carbocycles. The van der Waals surface area contributed by atoms with E-state index in [1.165, 1.54) is 10.5 Å². The van der Waals surface area contributed by atoms with Gasteiger partial charge >= 0.3 is 0 Å².